The third-order valence-electron chi connectivity index (χ3n) is 5.13. The van der Waals surface area contributed by atoms with Crippen molar-refractivity contribution in [1.82, 2.24) is 0 Å². The number of benzene rings is 2. The van der Waals surface area contributed by atoms with E-state index in [0.29, 0.717) is 11.3 Å². The summed E-state index contributed by atoms with van der Waals surface area (Å²) in [5.74, 6) is -0.0419. The van der Waals surface area contributed by atoms with Crippen LogP contribution in [0.3, 0.4) is 0 Å². The van der Waals surface area contributed by atoms with Crippen molar-refractivity contribution < 1.29 is 22.7 Å². The Morgan fingerprint density at radius 2 is 1.64 bits per heavy atom. The number of carbonyl (C=O) groups is 1. The molecule has 0 heterocycles. The number of rotatable bonds is 7. The maximum Gasteiger partial charge on any atom is 0.307 e. The fourth-order valence-corrected chi connectivity index (χ4v) is 5.41. The summed E-state index contributed by atoms with van der Waals surface area (Å²) in [5, 5.41) is -1.07. The zero-order valence-corrected chi connectivity index (χ0v) is 16.9. The zero-order valence-electron chi connectivity index (χ0n) is 16.0. The molecular formula is C22H26O5S. The molecule has 0 saturated heterocycles. The Morgan fingerprint density at radius 3 is 2.32 bits per heavy atom. The molecule has 2 aromatic rings. The summed E-state index contributed by atoms with van der Waals surface area (Å²) in [6, 6.07) is 15.1. The first kappa shape index (κ1) is 20.4. The van der Waals surface area contributed by atoms with Crippen LogP contribution in [0.25, 0.3) is 0 Å². The molecular weight excluding hydrogens is 376 g/mol. The Balaban J connectivity index is 1.91. The number of ether oxygens (including phenoxy) is 2. The number of carbonyl (C=O) groups excluding carboxylic acids is 1. The Kier molecular flexibility index (Phi) is 6.73. The first-order valence-electron chi connectivity index (χ1n) is 9.63. The molecule has 0 radical (unpaired) electrons. The Labute approximate surface area is 166 Å². The van der Waals surface area contributed by atoms with E-state index in [2.05, 4.69) is 0 Å². The number of hydrogen-bond acceptors (Lipinski definition) is 5. The summed E-state index contributed by atoms with van der Waals surface area (Å²) in [4.78, 5) is 12.8. The van der Waals surface area contributed by atoms with Crippen LogP contribution in [0.1, 0.15) is 49.3 Å². The van der Waals surface area contributed by atoms with E-state index in [-0.39, 0.29) is 17.4 Å². The lowest BCUT2D eigenvalue weighted by Crippen LogP contribution is -2.24. The normalized spacial score (nSPS) is 16.3. The lowest BCUT2D eigenvalue weighted by molar-refractivity contribution is -0.150. The SMILES string of the molecule is COc1ccccc1C(CC(=O)OC1CCCCC1)S(=O)(=O)c1ccccc1. The fourth-order valence-electron chi connectivity index (χ4n) is 3.66. The molecule has 1 aliphatic rings. The number of hydrogen-bond donors (Lipinski definition) is 0. The van der Waals surface area contributed by atoms with E-state index >= 15 is 0 Å². The average Bonchev–Trinajstić information content (AvgIpc) is 2.73. The topological polar surface area (TPSA) is 69.7 Å². The van der Waals surface area contributed by atoms with Crippen LogP contribution < -0.4 is 4.74 Å². The van der Waals surface area contributed by atoms with Crippen molar-refractivity contribution >= 4 is 15.8 Å². The molecule has 3 rings (SSSR count). The lowest BCUT2D eigenvalue weighted by Gasteiger charge is -2.24. The number of esters is 1. The Morgan fingerprint density at radius 1 is 1.00 bits per heavy atom. The van der Waals surface area contributed by atoms with Gasteiger partial charge in [0.2, 0.25) is 0 Å². The summed E-state index contributed by atoms with van der Waals surface area (Å²) in [7, 11) is -2.31. The number of methoxy groups -OCH3 is 1. The quantitative estimate of drug-likeness (QED) is 0.639. The minimum absolute atomic E-state index is 0.112. The van der Waals surface area contributed by atoms with Gasteiger partial charge in [-0.15, -0.1) is 0 Å². The molecule has 0 amide bonds. The van der Waals surface area contributed by atoms with E-state index in [1.54, 1.807) is 54.6 Å². The molecule has 0 spiro atoms. The van der Waals surface area contributed by atoms with Crippen LogP contribution in [0.15, 0.2) is 59.5 Å². The second-order valence-electron chi connectivity index (χ2n) is 7.04. The first-order valence-corrected chi connectivity index (χ1v) is 11.2. The second-order valence-corrected chi connectivity index (χ2v) is 9.17. The van der Waals surface area contributed by atoms with Crippen LogP contribution in [0.4, 0.5) is 0 Å². The summed E-state index contributed by atoms with van der Waals surface area (Å²) >= 11 is 0. The molecule has 0 N–H and O–H groups in total. The van der Waals surface area contributed by atoms with Gasteiger partial charge in [-0.25, -0.2) is 8.42 Å². The van der Waals surface area contributed by atoms with Crippen molar-refractivity contribution in [1.29, 1.82) is 0 Å². The molecule has 0 bridgehead atoms. The standard InChI is InChI=1S/C22H26O5S/c1-26-20-15-9-8-14-19(20)21(28(24,25)18-12-6-3-7-13-18)16-22(23)27-17-10-4-2-5-11-17/h3,6-9,12-15,17,21H,2,4-5,10-11,16H2,1H3. The van der Waals surface area contributed by atoms with Gasteiger partial charge in [-0.3, -0.25) is 4.79 Å². The molecule has 0 aliphatic heterocycles. The van der Waals surface area contributed by atoms with E-state index in [4.69, 9.17) is 9.47 Å². The maximum atomic E-state index is 13.4. The molecule has 28 heavy (non-hydrogen) atoms. The Hall–Kier alpha value is -2.34. The summed E-state index contributed by atoms with van der Waals surface area (Å²) in [6.45, 7) is 0. The molecule has 2 aromatic carbocycles. The molecule has 1 unspecified atom stereocenters. The smallest absolute Gasteiger partial charge is 0.307 e. The highest BCUT2D eigenvalue weighted by Gasteiger charge is 2.34. The average molecular weight is 403 g/mol. The molecule has 150 valence electrons. The summed E-state index contributed by atoms with van der Waals surface area (Å²) < 4.78 is 37.7. The van der Waals surface area contributed by atoms with Crippen LogP contribution in [-0.2, 0) is 19.4 Å². The van der Waals surface area contributed by atoms with E-state index in [9.17, 15) is 13.2 Å². The van der Waals surface area contributed by atoms with Gasteiger partial charge in [0.25, 0.3) is 0 Å². The van der Waals surface area contributed by atoms with Gasteiger partial charge >= 0.3 is 5.97 Å². The third kappa shape index (κ3) is 4.73. The highest BCUT2D eigenvalue weighted by Crippen LogP contribution is 2.37. The van der Waals surface area contributed by atoms with E-state index in [1.807, 2.05) is 0 Å². The van der Waals surface area contributed by atoms with E-state index < -0.39 is 21.1 Å². The highest BCUT2D eigenvalue weighted by atomic mass is 32.2. The van der Waals surface area contributed by atoms with Crippen molar-refractivity contribution in [2.24, 2.45) is 0 Å². The molecule has 0 aromatic heterocycles. The van der Waals surface area contributed by atoms with Gasteiger partial charge in [-0.05, 0) is 43.9 Å². The Bertz CT molecular complexity index is 886. The molecule has 1 saturated carbocycles. The number of para-hydroxylation sites is 1. The molecule has 6 heteroatoms. The van der Waals surface area contributed by atoms with E-state index in [1.165, 1.54) is 7.11 Å². The molecule has 1 aliphatic carbocycles. The highest BCUT2D eigenvalue weighted by molar-refractivity contribution is 7.91. The lowest BCUT2D eigenvalue weighted by atomic mass is 9.98. The van der Waals surface area contributed by atoms with Crippen molar-refractivity contribution in [3.05, 3.63) is 60.2 Å². The van der Waals surface area contributed by atoms with Gasteiger partial charge in [-0.1, -0.05) is 42.8 Å². The van der Waals surface area contributed by atoms with Gasteiger partial charge in [0, 0.05) is 5.56 Å². The minimum atomic E-state index is -3.80. The summed E-state index contributed by atoms with van der Waals surface area (Å²) in [5.41, 5.74) is 0.467. The van der Waals surface area contributed by atoms with Crippen molar-refractivity contribution in [2.75, 3.05) is 7.11 Å². The summed E-state index contributed by atoms with van der Waals surface area (Å²) in [6.07, 6.45) is 4.56. The number of sulfone groups is 1. The van der Waals surface area contributed by atoms with Crippen molar-refractivity contribution in [2.45, 2.75) is 54.8 Å². The minimum Gasteiger partial charge on any atom is -0.496 e. The first-order chi connectivity index (χ1) is 13.5. The van der Waals surface area contributed by atoms with E-state index in [0.717, 1.165) is 32.1 Å². The predicted molar refractivity (Wildman–Crippen MR) is 107 cm³/mol. The van der Waals surface area contributed by atoms with Gasteiger partial charge in [0.05, 0.1) is 18.4 Å². The van der Waals surface area contributed by atoms with Gasteiger partial charge in [0.15, 0.2) is 9.84 Å². The fraction of sp³-hybridized carbons (Fsp3) is 0.409. The maximum absolute atomic E-state index is 13.4. The predicted octanol–water partition coefficient (Wildman–Crippen LogP) is 4.48. The largest absolute Gasteiger partial charge is 0.496 e. The van der Waals surface area contributed by atoms with Crippen LogP contribution in [0, 0.1) is 0 Å². The zero-order chi connectivity index (χ0) is 20.0. The van der Waals surface area contributed by atoms with Crippen LogP contribution in [0.2, 0.25) is 0 Å². The van der Waals surface area contributed by atoms with Gasteiger partial charge in [-0.2, -0.15) is 0 Å². The van der Waals surface area contributed by atoms with Gasteiger partial charge < -0.3 is 9.47 Å². The van der Waals surface area contributed by atoms with Gasteiger partial charge in [0.1, 0.15) is 17.1 Å². The monoisotopic (exact) mass is 402 g/mol. The third-order valence-corrected chi connectivity index (χ3v) is 7.23. The second kappa shape index (κ2) is 9.24. The van der Waals surface area contributed by atoms with Crippen LogP contribution in [-0.4, -0.2) is 27.6 Å². The van der Waals surface area contributed by atoms with Crippen LogP contribution >= 0.6 is 0 Å². The molecule has 1 atom stereocenters. The molecule has 5 nitrogen and oxygen atoms in total. The van der Waals surface area contributed by atoms with Crippen molar-refractivity contribution in [3.63, 3.8) is 0 Å². The van der Waals surface area contributed by atoms with Crippen molar-refractivity contribution in [3.8, 4) is 5.75 Å². The van der Waals surface area contributed by atoms with Crippen LogP contribution in [0.5, 0.6) is 5.75 Å². The molecule has 1 fully saturated rings.